The molecule has 36 heavy (non-hydrogen) atoms. The van der Waals surface area contributed by atoms with E-state index in [0.717, 1.165) is 27.8 Å². The predicted molar refractivity (Wildman–Crippen MR) is 137 cm³/mol. The molecule has 1 aliphatic heterocycles. The lowest BCUT2D eigenvalue weighted by Crippen LogP contribution is -2.26. The van der Waals surface area contributed by atoms with Gasteiger partial charge in [-0.05, 0) is 53.2 Å². The molecule has 2 N–H and O–H groups in total. The SMILES string of the molecule is O=C(Nc1n[nH]c2c1CN(C(=O)c1cccc3ccccc13)C2)c1ccc(Oc2ccccc2)cc1. The zero-order valence-corrected chi connectivity index (χ0v) is 19.3. The van der Waals surface area contributed by atoms with Crippen LogP contribution in [0, 0.1) is 0 Å². The molecule has 7 heteroatoms. The second-order valence-electron chi connectivity index (χ2n) is 8.61. The van der Waals surface area contributed by atoms with Gasteiger partial charge in [-0.3, -0.25) is 14.7 Å². The van der Waals surface area contributed by atoms with E-state index in [2.05, 4.69) is 15.5 Å². The molecule has 0 spiro atoms. The molecule has 0 saturated carbocycles. The van der Waals surface area contributed by atoms with Crippen molar-refractivity contribution < 1.29 is 14.3 Å². The van der Waals surface area contributed by atoms with Crippen LogP contribution in [-0.4, -0.2) is 26.9 Å². The van der Waals surface area contributed by atoms with Crippen LogP contribution >= 0.6 is 0 Å². The average Bonchev–Trinajstić information content (AvgIpc) is 3.51. The molecular weight excluding hydrogens is 452 g/mol. The van der Waals surface area contributed by atoms with Crippen molar-refractivity contribution in [2.45, 2.75) is 13.1 Å². The average molecular weight is 475 g/mol. The van der Waals surface area contributed by atoms with Crippen molar-refractivity contribution >= 4 is 28.4 Å². The first-order valence-corrected chi connectivity index (χ1v) is 11.6. The summed E-state index contributed by atoms with van der Waals surface area (Å²) in [6, 6.07) is 30.0. The number of nitrogens with zero attached hydrogens (tertiary/aromatic N) is 2. The van der Waals surface area contributed by atoms with Crippen molar-refractivity contribution in [3.05, 3.63) is 119 Å². The van der Waals surface area contributed by atoms with Crippen molar-refractivity contribution in [3.8, 4) is 11.5 Å². The van der Waals surface area contributed by atoms with Crippen LogP contribution in [-0.2, 0) is 13.1 Å². The normalized spacial score (nSPS) is 12.4. The molecule has 6 rings (SSSR count). The van der Waals surface area contributed by atoms with Crippen LogP contribution in [0.2, 0.25) is 0 Å². The van der Waals surface area contributed by atoms with Crippen LogP contribution in [0.4, 0.5) is 5.82 Å². The summed E-state index contributed by atoms with van der Waals surface area (Å²) in [5.41, 5.74) is 2.79. The quantitative estimate of drug-likeness (QED) is 0.339. The molecule has 4 aromatic carbocycles. The maximum absolute atomic E-state index is 13.3. The largest absolute Gasteiger partial charge is 0.457 e. The van der Waals surface area contributed by atoms with Gasteiger partial charge < -0.3 is 15.0 Å². The molecule has 0 atom stereocenters. The molecule has 0 saturated heterocycles. The summed E-state index contributed by atoms with van der Waals surface area (Å²) >= 11 is 0. The third-order valence-electron chi connectivity index (χ3n) is 6.29. The smallest absolute Gasteiger partial charge is 0.256 e. The number of hydrogen-bond donors (Lipinski definition) is 2. The summed E-state index contributed by atoms with van der Waals surface area (Å²) in [5.74, 6) is 1.47. The summed E-state index contributed by atoms with van der Waals surface area (Å²) in [5, 5.41) is 12.1. The van der Waals surface area contributed by atoms with Gasteiger partial charge in [0.2, 0.25) is 0 Å². The number of rotatable bonds is 5. The van der Waals surface area contributed by atoms with E-state index >= 15 is 0 Å². The van der Waals surface area contributed by atoms with Gasteiger partial charge in [-0.25, -0.2) is 0 Å². The van der Waals surface area contributed by atoms with E-state index in [0.29, 0.717) is 35.8 Å². The van der Waals surface area contributed by atoms with Crippen molar-refractivity contribution in [3.63, 3.8) is 0 Å². The van der Waals surface area contributed by atoms with Crippen LogP contribution in [0.1, 0.15) is 32.0 Å². The Morgan fingerprint density at radius 3 is 2.36 bits per heavy atom. The molecule has 0 aliphatic carbocycles. The number of carbonyl (C=O) groups excluding carboxylic acids is 2. The van der Waals surface area contributed by atoms with Gasteiger partial charge in [0.1, 0.15) is 11.5 Å². The third kappa shape index (κ3) is 4.07. The van der Waals surface area contributed by atoms with E-state index in [-0.39, 0.29) is 11.8 Å². The minimum Gasteiger partial charge on any atom is -0.457 e. The van der Waals surface area contributed by atoms with Gasteiger partial charge >= 0.3 is 0 Å². The Morgan fingerprint density at radius 2 is 1.53 bits per heavy atom. The lowest BCUT2D eigenvalue weighted by atomic mass is 10.0. The van der Waals surface area contributed by atoms with Gasteiger partial charge in [-0.1, -0.05) is 54.6 Å². The van der Waals surface area contributed by atoms with Gasteiger partial charge in [0.15, 0.2) is 5.82 Å². The van der Waals surface area contributed by atoms with Gasteiger partial charge in [0.25, 0.3) is 11.8 Å². The van der Waals surface area contributed by atoms with Crippen molar-refractivity contribution in [1.29, 1.82) is 0 Å². The molecule has 2 heterocycles. The highest BCUT2D eigenvalue weighted by molar-refractivity contribution is 6.07. The highest BCUT2D eigenvalue weighted by atomic mass is 16.5. The topological polar surface area (TPSA) is 87.3 Å². The second kappa shape index (κ2) is 9.03. The summed E-state index contributed by atoms with van der Waals surface area (Å²) in [4.78, 5) is 28.0. The number of aromatic nitrogens is 2. The lowest BCUT2D eigenvalue weighted by molar-refractivity contribution is 0.0751. The number of para-hydroxylation sites is 1. The molecule has 5 aromatic rings. The van der Waals surface area contributed by atoms with E-state index in [1.54, 1.807) is 29.2 Å². The maximum Gasteiger partial charge on any atom is 0.256 e. The van der Waals surface area contributed by atoms with E-state index in [1.165, 1.54) is 0 Å². The highest BCUT2D eigenvalue weighted by Crippen LogP contribution is 2.30. The molecule has 0 bridgehead atoms. The van der Waals surface area contributed by atoms with Gasteiger partial charge in [0, 0.05) is 16.7 Å². The van der Waals surface area contributed by atoms with Crippen molar-refractivity contribution in [2.24, 2.45) is 0 Å². The van der Waals surface area contributed by atoms with Crippen LogP contribution in [0.15, 0.2) is 97.1 Å². The van der Waals surface area contributed by atoms with Crippen LogP contribution in [0.25, 0.3) is 10.8 Å². The summed E-state index contributed by atoms with van der Waals surface area (Å²) in [7, 11) is 0. The summed E-state index contributed by atoms with van der Waals surface area (Å²) < 4.78 is 5.79. The minimum absolute atomic E-state index is 0.0531. The first-order valence-electron chi connectivity index (χ1n) is 11.6. The number of hydrogen-bond acceptors (Lipinski definition) is 4. The predicted octanol–water partition coefficient (Wildman–Crippen LogP) is 5.76. The fraction of sp³-hybridized carbons (Fsp3) is 0.0690. The fourth-order valence-corrected chi connectivity index (χ4v) is 4.45. The van der Waals surface area contributed by atoms with Crippen LogP contribution < -0.4 is 10.1 Å². The molecule has 1 aromatic heterocycles. The van der Waals surface area contributed by atoms with E-state index in [4.69, 9.17) is 4.74 Å². The van der Waals surface area contributed by atoms with Crippen molar-refractivity contribution in [1.82, 2.24) is 15.1 Å². The monoisotopic (exact) mass is 474 g/mol. The summed E-state index contributed by atoms with van der Waals surface area (Å²) in [6.45, 7) is 0.777. The fourth-order valence-electron chi connectivity index (χ4n) is 4.45. The Balaban J connectivity index is 1.15. The van der Waals surface area contributed by atoms with Gasteiger partial charge in [0.05, 0.1) is 18.8 Å². The lowest BCUT2D eigenvalue weighted by Gasteiger charge is -2.17. The Morgan fingerprint density at radius 1 is 0.806 bits per heavy atom. The first kappa shape index (κ1) is 21.6. The zero-order valence-electron chi connectivity index (χ0n) is 19.3. The number of H-pyrrole nitrogens is 1. The number of carbonyl (C=O) groups is 2. The number of anilines is 1. The third-order valence-corrected chi connectivity index (χ3v) is 6.29. The second-order valence-corrected chi connectivity index (χ2v) is 8.61. The van der Waals surface area contributed by atoms with Crippen LogP contribution in [0.5, 0.6) is 11.5 Å². The van der Waals surface area contributed by atoms with Crippen LogP contribution in [0.3, 0.4) is 0 Å². The zero-order chi connectivity index (χ0) is 24.5. The Kier molecular flexibility index (Phi) is 5.42. The number of nitrogens with one attached hydrogen (secondary N) is 2. The first-order chi connectivity index (χ1) is 17.7. The number of benzene rings is 4. The number of amides is 2. The molecule has 0 unspecified atom stereocenters. The molecular formula is C29H22N4O3. The Labute approximate surface area is 207 Å². The molecule has 176 valence electrons. The van der Waals surface area contributed by atoms with Gasteiger partial charge in [-0.2, -0.15) is 5.10 Å². The van der Waals surface area contributed by atoms with Gasteiger partial charge in [-0.15, -0.1) is 0 Å². The van der Waals surface area contributed by atoms with E-state index in [9.17, 15) is 9.59 Å². The van der Waals surface area contributed by atoms with Crippen molar-refractivity contribution in [2.75, 3.05) is 5.32 Å². The standard InChI is InChI=1S/C29H22N4O3/c34-28(20-13-15-22(16-14-20)36-21-9-2-1-3-10-21)30-27-25-17-33(18-26(25)31-32-27)29(35)24-12-6-8-19-7-4-5-11-23(19)24/h1-16H,17-18H2,(H2,30,31,32,34). The van der Waals surface area contributed by atoms with E-state index < -0.39 is 0 Å². The highest BCUT2D eigenvalue weighted by Gasteiger charge is 2.30. The molecule has 1 aliphatic rings. The Bertz CT molecular complexity index is 1570. The molecule has 0 fully saturated rings. The molecule has 2 amide bonds. The summed E-state index contributed by atoms with van der Waals surface area (Å²) in [6.07, 6.45) is 0. The minimum atomic E-state index is -0.283. The number of aromatic amines is 1. The number of fused-ring (bicyclic) bond motifs is 2. The number of ether oxygens (including phenoxy) is 1. The Hall–Kier alpha value is -4.91. The molecule has 7 nitrogen and oxygen atoms in total. The van der Waals surface area contributed by atoms with E-state index in [1.807, 2.05) is 72.8 Å². The molecule has 0 radical (unpaired) electrons. The maximum atomic E-state index is 13.3.